The van der Waals surface area contributed by atoms with Crippen LogP contribution in [0.25, 0.3) is 0 Å². The summed E-state index contributed by atoms with van der Waals surface area (Å²) in [5.74, 6) is 0. The van der Waals surface area contributed by atoms with Gasteiger partial charge < -0.3 is 10.5 Å². The first-order valence-electron chi connectivity index (χ1n) is 6.54. The maximum Gasteiger partial charge on any atom is 0.0800 e. The van der Waals surface area contributed by atoms with E-state index in [1.165, 1.54) is 5.56 Å². The van der Waals surface area contributed by atoms with Crippen molar-refractivity contribution in [1.82, 2.24) is 0 Å². The molecule has 0 saturated heterocycles. The van der Waals surface area contributed by atoms with Crippen molar-refractivity contribution in [2.24, 2.45) is 11.1 Å². The Morgan fingerprint density at radius 1 is 1.41 bits per heavy atom. The zero-order valence-corrected chi connectivity index (χ0v) is 11.0. The SMILES string of the molecule is CCC1(C)C(N)CC1OC(C)c1ccccc1. The highest BCUT2D eigenvalue weighted by Gasteiger charge is 2.49. The highest BCUT2D eigenvalue weighted by atomic mass is 16.5. The molecular weight excluding hydrogens is 210 g/mol. The molecular formula is C15H23NO. The van der Waals surface area contributed by atoms with Crippen LogP contribution in [0.15, 0.2) is 30.3 Å². The monoisotopic (exact) mass is 233 g/mol. The predicted molar refractivity (Wildman–Crippen MR) is 70.7 cm³/mol. The van der Waals surface area contributed by atoms with Crippen LogP contribution in [0.4, 0.5) is 0 Å². The van der Waals surface area contributed by atoms with Crippen LogP contribution in [0.3, 0.4) is 0 Å². The first-order chi connectivity index (χ1) is 8.08. The molecule has 4 unspecified atom stereocenters. The summed E-state index contributed by atoms with van der Waals surface area (Å²) in [6, 6.07) is 10.7. The van der Waals surface area contributed by atoms with Crippen LogP contribution in [-0.4, -0.2) is 12.1 Å². The molecule has 1 aliphatic carbocycles. The largest absolute Gasteiger partial charge is 0.370 e. The first kappa shape index (κ1) is 12.6. The normalized spacial score (nSPS) is 34.1. The van der Waals surface area contributed by atoms with Gasteiger partial charge in [-0.05, 0) is 25.3 Å². The summed E-state index contributed by atoms with van der Waals surface area (Å²) in [6.45, 7) is 6.56. The van der Waals surface area contributed by atoms with E-state index < -0.39 is 0 Å². The fourth-order valence-electron chi connectivity index (χ4n) is 2.60. The molecule has 0 aliphatic heterocycles. The Morgan fingerprint density at radius 2 is 2.06 bits per heavy atom. The standard InChI is InChI=1S/C15H23NO/c1-4-15(3)13(16)10-14(15)17-11(2)12-8-6-5-7-9-12/h5-9,11,13-14H,4,10,16H2,1-3H3. The van der Waals surface area contributed by atoms with E-state index in [0.717, 1.165) is 12.8 Å². The van der Waals surface area contributed by atoms with Gasteiger partial charge in [-0.1, -0.05) is 44.2 Å². The smallest absolute Gasteiger partial charge is 0.0800 e. The van der Waals surface area contributed by atoms with Crippen molar-refractivity contribution in [3.63, 3.8) is 0 Å². The number of rotatable bonds is 4. The van der Waals surface area contributed by atoms with Gasteiger partial charge in [0.15, 0.2) is 0 Å². The summed E-state index contributed by atoms with van der Waals surface area (Å²) in [6.07, 6.45) is 2.53. The van der Waals surface area contributed by atoms with Crippen molar-refractivity contribution in [3.05, 3.63) is 35.9 Å². The van der Waals surface area contributed by atoms with Gasteiger partial charge in [-0.15, -0.1) is 0 Å². The molecule has 1 fully saturated rings. The number of nitrogens with two attached hydrogens (primary N) is 1. The summed E-state index contributed by atoms with van der Waals surface area (Å²) in [7, 11) is 0. The fraction of sp³-hybridized carbons (Fsp3) is 0.600. The van der Waals surface area contributed by atoms with Crippen molar-refractivity contribution in [2.75, 3.05) is 0 Å². The average Bonchev–Trinajstić information content (AvgIpc) is 2.38. The van der Waals surface area contributed by atoms with Crippen molar-refractivity contribution >= 4 is 0 Å². The average molecular weight is 233 g/mol. The molecule has 2 rings (SSSR count). The molecule has 2 nitrogen and oxygen atoms in total. The number of ether oxygens (including phenoxy) is 1. The molecule has 2 heteroatoms. The van der Waals surface area contributed by atoms with Crippen molar-refractivity contribution < 1.29 is 4.74 Å². The van der Waals surface area contributed by atoms with Crippen molar-refractivity contribution in [3.8, 4) is 0 Å². The number of benzene rings is 1. The zero-order chi connectivity index (χ0) is 12.5. The van der Waals surface area contributed by atoms with Gasteiger partial charge in [-0.3, -0.25) is 0 Å². The Labute approximate surface area is 104 Å². The fourth-order valence-corrected chi connectivity index (χ4v) is 2.60. The topological polar surface area (TPSA) is 35.2 Å². The molecule has 0 bridgehead atoms. The number of hydrogen-bond donors (Lipinski definition) is 1. The lowest BCUT2D eigenvalue weighted by Gasteiger charge is -2.52. The molecule has 1 saturated carbocycles. The molecule has 0 amide bonds. The summed E-state index contributed by atoms with van der Waals surface area (Å²) < 4.78 is 6.17. The second-order valence-electron chi connectivity index (χ2n) is 5.38. The third-order valence-electron chi connectivity index (χ3n) is 4.45. The van der Waals surface area contributed by atoms with Gasteiger partial charge >= 0.3 is 0 Å². The lowest BCUT2D eigenvalue weighted by atomic mass is 9.62. The molecule has 0 spiro atoms. The highest BCUT2D eigenvalue weighted by molar-refractivity contribution is 5.17. The molecule has 0 radical (unpaired) electrons. The van der Waals surface area contributed by atoms with Gasteiger partial charge in [-0.25, -0.2) is 0 Å². The van der Waals surface area contributed by atoms with E-state index >= 15 is 0 Å². The summed E-state index contributed by atoms with van der Waals surface area (Å²) in [5.41, 5.74) is 7.49. The third-order valence-corrected chi connectivity index (χ3v) is 4.45. The van der Waals surface area contributed by atoms with E-state index in [4.69, 9.17) is 10.5 Å². The molecule has 2 N–H and O–H groups in total. The van der Waals surface area contributed by atoms with Gasteiger partial charge in [0.25, 0.3) is 0 Å². The molecule has 4 atom stereocenters. The van der Waals surface area contributed by atoms with Gasteiger partial charge in [-0.2, -0.15) is 0 Å². The van der Waals surface area contributed by atoms with E-state index in [2.05, 4.69) is 45.0 Å². The van der Waals surface area contributed by atoms with E-state index in [0.29, 0.717) is 12.1 Å². The second-order valence-corrected chi connectivity index (χ2v) is 5.38. The molecule has 17 heavy (non-hydrogen) atoms. The lowest BCUT2D eigenvalue weighted by molar-refractivity contribution is -0.146. The molecule has 1 aromatic rings. The minimum absolute atomic E-state index is 0.152. The Bertz CT molecular complexity index is 364. The molecule has 1 aliphatic rings. The van der Waals surface area contributed by atoms with E-state index in [1.54, 1.807) is 0 Å². The van der Waals surface area contributed by atoms with Gasteiger partial charge in [0, 0.05) is 11.5 Å². The van der Waals surface area contributed by atoms with E-state index in [-0.39, 0.29) is 11.5 Å². The van der Waals surface area contributed by atoms with Crippen LogP contribution in [0.1, 0.15) is 45.3 Å². The van der Waals surface area contributed by atoms with E-state index in [9.17, 15) is 0 Å². The predicted octanol–water partition coefficient (Wildman–Crippen LogP) is 3.28. The minimum atomic E-state index is 0.152. The molecule has 0 heterocycles. The number of hydrogen-bond acceptors (Lipinski definition) is 2. The minimum Gasteiger partial charge on any atom is -0.370 e. The lowest BCUT2D eigenvalue weighted by Crippen LogP contribution is -2.60. The summed E-state index contributed by atoms with van der Waals surface area (Å²) in [5, 5.41) is 0. The quantitative estimate of drug-likeness (QED) is 0.866. The van der Waals surface area contributed by atoms with Gasteiger partial charge in [0.05, 0.1) is 12.2 Å². The van der Waals surface area contributed by atoms with Crippen LogP contribution < -0.4 is 5.73 Å². The third kappa shape index (κ3) is 2.24. The first-order valence-corrected chi connectivity index (χ1v) is 6.54. The van der Waals surface area contributed by atoms with Crippen LogP contribution in [0, 0.1) is 5.41 Å². The molecule has 0 aromatic heterocycles. The van der Waals surface area contributed by atoms with Gasteiger partial charge in [0.1, 0.15) is 0 Å². The van der Waals surface area contributed by atoms with Crippen molar-refractivity contribution in [1.29, 1.82) is 0 Å². The Balaban J connectivity index is 1.99. The highest BCUT2D eigenvalue weighted by Crippen LogP contribution is 2.46. The second kappa shape index (κ2) is 4.79. The van der Waals surface area contributed by atoms with Crippen LogP contribution in [0.5, 0.6) is 0 Å². The van der Waals surface area contributed by atoms with Crippen molar-refractivity contribution in [2.45, 2.75) is 51.9 Å². The van der Waals surface area contributed by atoms with Crippen LogP contribution in [0.2, 0.25) is 0 Å². The van der Waals surface area contributed by atoms with E-state index in [1.807, 2.05) is 6.07 Å². The van der Waals surface area contributed by atoms with Crippen LogP contribution in [-0.2, 0) is 4.74 Å². The maximum absolute atomic E-state index is 6.17. The Hall–Kier alpha value is -0.860. The summed E-state index contributed by atoms with van der Waals surface area (Å²) >= 11 is 0. The molecule has 1 aromatic carbocycles. The maximum atomic E-state index is 6.17. The Kier molecular flexibility index (Phi) is 3.55. The molecule has 94 valence electrons. The van der Waals surface area contributed by atoms with Gasteiger partial charge in [0.2, 0.25) is 0 Å². The summed E-state index contributed by atoms with van der Waals surface area (Å²) in [4.78, 5) is 0. The van der Waals surface area contributed by atoms with Crippen LogP contribution >= 0.6 is 0 Å². The zero-order valence-electron chi connectivity index (χ0n) is 11.0. The Morgan fingerprint density at radius 3 is 2.59 bits per heavy atom.